The summed E-state index contributed by atoms with van der Waals surface area (Å²) in [5.41, 5.74) is 0.0845. The molecule has 116 valence electrons. The predicted octanol–water partition coefficient (Wildman–Crippen LogP) is 4.13. The van der Waals surface area contributed by atoms with Gasteiger partial charge in [-0.2, -0.15) is 0 Å². The fourth-order valence-electron chi connectivity index (χ4n) is 2.00. The maximum atomic E-state index is 11.9. The minimum absolute atomic E-state index is 0.0315. The fourth-order valence-corrected chi connectivity index (χ4v) is 2.26. The Labute approximate surface area is 129 Å². The van der Waals surface area contributed by atoms with Crippen molar-refractivity contribution in [1.29, 1.82) is 0 Å². The average Bonchev–Trinajstić information content (AvgIpc) is 2.38. The molecule has 1 aromatic carbocycles. The van der Waals surface area contributed by atoms with Gasteiger partial charge in [0, 0.05) is 6.04 Å². The molecule has 0 aromatic heterocycles. The van der Waals surface area contributed by atoms with Crippen molar-refractivity contribution in [2.75, 3.05) is 5.32 Å². The van der Waals surface area contributed by atoms with Gasteiger partial charge in [0.25, 0.3) is 0 Å². The summed E-state index contributed by atoms with van der Waals surface area (Å²) < 4.78 is 0. The van der Waals surface area contributed by atoms with Gasteiger partial charge in [-0.25, -0.2) is 9.59 Å². The first kappa shape index (κ1) is 17.3. The highest BCUT2D eigenvalue weighted by molar-refractivity contribution is 6.34. The van der Waals surface area contributed by atoms with Crippen LogP contribution in [0, 0.1) is 0 Å². The van der Waals surface area contributed by atoms with E-state index in [-0.39, 0.29) is 22.3 Å². The summed E-state index contributed by atoms with van der Waals surface area (Å²) >= 11 is 5.85. The van der Waals surface area contributed by atoms with Crippen LogP contribution >= 0.6 is 11.6 Å². The summed E-state index contributed by atoms with van der Waals surface area (Å²) in [6.45, 7) is 4.04. The molecular weight excluding hydrogens is 292 g/mol. The third kappa shape index (κ3) is 5.63. The number of aromatic carboxylic acids is 1. The van der Waals surface area contributed by atoms with Crippen LogP contribution in [-0.2, 0) is 0 Å². The zero-order valence-electron chi connectivity index (χ0n) is 12.3. The second-order valence-electron chi connectivity index (χ2n) is 4.96. The average molecular weight is 313 g/mol. The fraction of sp³-hybridized carbons (Fsp3) is 0.467. The van der Waals surface area contributed by atoms with Gasteiger partial charge in [0.2, 0.25) is 0 Å². The van der Waals surface area contributed by atoms with Crippen molar-refractivity contribution < 1.29 is 14.7 Å². The van der Waals surface area contributed by atoms with Gasteiger partial charge in [0.05, 0.1) is 10.7 Å². The second-order valence-corrected chi connectivity index (χ2v) is 5.37. The Morgan fingerprint density at radius 2 is 2.05 bits per heavy atom. The molecule has 0 saturated carbocycles. The number of carboxylic acids is 1. The molecule has 6 heteroatoms. The van der Waals surface area contributed by atoms with Gasteiger partial charge >= 0.3 is 12.0 Å². The minimum atomic E-state index is -1.17. The Hall–Kier alpha value is -1.75. The summed E-state index contributed by atoms with van der Waals surface area (Å²) in [6.07, 6.45) is 4.20. The number of urea groups is 1. The van der Waals surface area contributed by atoms with Crippen LogP contribution in [0.2, 0.25) is 5.02 Å². The molecule has 21 heavy (non-hydrogen) atoms. The second kappa shape index (κ2) is 8.52. The van der Waals surface area contributed by atoms with Gasteiger partial charge in [-0.1, -0.05) is 43.9 Å². The quantitative estimate of drug-likeness (QED) is 0.662. The van der Waals surface area contributed by atoms with Crippen molar-refractivity contribution >= 4 is 29.3 Å². The van der Waals surface area contributed by atoms with Crippen molar-refractivity contribution in [3.63, 3.8) is 0 Å². The number of hydrogen-bond acceptors (Lipinski definition) is 2. The van der Waals surface area contributed by atoms with Crippen LogP contribution in [0.3, 0.4) is 0 Å². The van der Waals surface area contributed by atoms with Crippen molar-refractivity contribution in [1.82, 2.24) is 5.32 Å². The van der Waals surface area contributed by atoms with Gasteiger partial charge in [-0.05, 0) is 25.5 Å². The van der Waals surface area contributed by atoms with Gasteiger partial charge in [0.15, 0.2) is 0 Å². The molecule has 0 aliphatic rings. The maximum Gasteiger partial charge on any atom is 0.339 e. The van der Waals surface area contributed by atoms with Crippen LogP contribution in [0.15, 0.2) is 18.2 Å². The summed E-state index contributed by atoms with van der Waals surface area (Å²) in [4.78, 5) is 23.0. The molecule has 0 fully saturated rings. The number of amides is 2. The monoisotopic (exact) mass is 312 g/mol. The third-order valence-electron chi connectivity index (χ3n) is 3.09. The number of halogens is 1. The Morgan fingerprint density at radius 3 is 2.67 bits per heavy atom. The lowest BCUT2D eigenvalue weighted by molar-refractivity contribution is 0.0698. The molecule has 0 aliphatic heterocycles. The first-order valence-electron chi connectivity index (χ1n) is 7.05. The number of unbranched alkanes of at least 4 members (excludes halogenated alkanes) is 2. The molecule has 1 atom stereocenters. The molecule has 3 N–H and O–H groups in total. The Balaban J connectivity index is 2.63. The number of carboxylic acid groups (broad SMARTS) is 1. The Kier molecular flexibility index (Phi) is 7.02. The van der Waals surface area contributed by atoms with Crippen molar-refractivity contribution in [3.8, 4) is 0 Å². The Bertz CT molecular complexity index is 506. The van der Waals surface area contributed by atoms with Gasteiger partial charge in [-0.3, -0.25) is 0 Å². The lowest BCUT2D eigenvalue weighted by Crippen LogP contribution is -2.36. The topological polar surface area (TPSA) is 78.4 Å². The standard InChI is InChI=1S/C15H21ClN2O3/c1-3-4-5-7-10(2)17-15(21)18-12-9-6-8-11(16)13(12)14(19)20/h6,8-10H,3-5,7H2,1-2H3,(H,19,20)(H2,17,18,21). The molecule has 0 radical (unpaired) electrons. The van der Waals surface area contributed by atoms with Crippen LogP contribution in [0.25, 0.3) is 0 Å². The van der Waals surface area contributed by atoms with Crippen LogP contribution < -0.4 is 10.6 Å². The van der Waals surface area contributed by atoms with Crippen LogP contribution in [-0.4, -0.2) is 23.1 Å². The van der Waals surface area contributed by atoms with Gasteiger partial charge in [0.1, 0.15) is 5.56 Å². The molecule has 2 amide bonds. The molecule has 5 nitrogen and oxygen atoms in total. The van der Waals surface area contributed by atoms with Crippen molar-refractivity contribution in [2.45, 2.75) is 45.6 Å². The molecule has 0 saturated heterocycles. The van der Waals surface area contributed by atoms with E-state index in [1.807, 2.05) is 6.92 Å². The van der Waals surface area contributed by atoms with E-state index in [4.69, 9.17) is 16.7 Å². The van der Waals surface area contributed by atoms with E-state index in [1.54, 1.807) is 6.07 Å². The maximum absolute atomic E-state index is 11.9. The van der Waals surface area contributed by atoms with Gasteiger partial charge < -0.3 is 15.7 Å². The highest BCUT2D eigenvalue weighted by Gasteiger charge is 2.16. The Morgan fingerprint density at radius 1 is 1.33 bits per heavy atom. The molecule has 1 unspecified atom stereocenters. The first-order chi connectivity index (χ1) is 9.95. The van der Waals surface area contributed by atoms with Crippen LogP contribution in [0.1, 0.15) is 49.9 Å². The van der Waals surface area contributed by atoms with E-state index in [1.165, 1.54) is 12.1 Å². The number of rotatable bonds is 7. The van der Waals surface area contributed by atoms with Crippen molar-refractivity contribution in [3.05, 3.63) is 28.8 Å². The predicted molar refractivity (Wildman–Crippen MR) is 84.2 cm³/mol. The molecule has 0 heterocycles. The van der Waals surface area contributed by atoms with E-state index in [0.29, 0.717) is 0 Å². The molecular formula is C15H21ClN2O3. The molecule has 1 aromatic rings. The molecule has 0 bridgehead atoms. The number of hydrogen-bond donors (Lipinski definition) is 3. The third-order valence-corrected chi connectivity index (χ3v) is 3.41. The smallest absolute Gasteiger partial charge is 0.339 e. The number of benzene rings is 1. The molecule has 0 spiro atoms. The highest BCUT2D eigenvalue weighted by atomic mass is 35.5. The van der Waals surface area contributed by atoms with Crippen LogP contribution in [0.4, 0.5) is 10.5 Å². The normalized spacial score (nSPS) is 11.8. The molecule has 0 aliphatic carbocycles. The summed E-state index contributed by atoms with van der Waals surface area (Å²) in [6, 6.07) is 4.18. The SMILES string of the molecule is CCCCCC(C)NC(=O)Nc1cccc(Cl)c1C(=O)O. The largest absolute Gasteiger partial charge is 0.478 e. The number of nitrogens with one attached hydrogen (secondary N) is 2. The van der Waals surface area contributed by atoms with E-state index >= 15 is 0 Å². The zero-order valence-corrected chi connectivity index (χ0v) is 13.0. The summed E-state index contributed by atoms with van der Waals surface area (Å²) in [5.74, 6) is -1.17. The van der Waals surface area contributed by atoms with Gasteiger partial charge in [-0.15, -0.1) is 0 Å². The van der Waals surface area contributed by atoms with E-state index < -0.39 is 12.0 Å². The van der Waals surface area contributed by atoms with E-state index in [0.717, 1.165) is 25.7 Å². The van der Waals surface area contributed by atoms with Crippen molar-refractivity contribution in [2.24, 2.45) is 0 Å². The van der Waals surface area contributed by atoms with E-state index in [2.05, 4.69) is 17.6 Å². The summed E-state index contributed by atoms with van der Waals surface area (Å²) in [5, 5.41) is 14.5. The molecule has 1 rings (SSSR count). The minimum Gasteiger partial charge on any atom is -0.478 e. The zero-order chi connectivity index (χ0) is 15.8. The first-order valence-corrected chi connectivity index (χ1v) is 7.42. The lowest BCUT2D eigenvalue weighted by Gasteiger charge is -2.15. The lowest BCUT2D eigenvalue weighted by atomic mass is 10.1. The van der Waals surface area contributed by atoms with E-state index in [9.17, 15) is 9.59 Å². The number of anilines is 1. The summed E-state index contributed by atoms with van der Waals surface area (Å²) in [7, 11) is 0. The number of carbonyl (C=O) groups excluding carboxylic acids is 1. The van der Waals surface area contributed by atoms with Crippen LogP contribution in [0.5, 0.6) is 0 Å². The highest BCUT2D eigenvalue weighted by Crippen LogP contribution is 2.24. The number of carbonyl (C=O) groups is 2.